The third-order valence-corrected chi connectivity index (χ3v) is 3.15. The summed E-state index contributed by atoms with van der Waals surface area (Å²) in [4.78, 5) is 25.3. The Hall–Kier alpha value is -1.26. The predicted molar refractivity (Wildman–Crippen MR) is 76.4 cm³/mol. The lowest BCUT2D eigenvalue weighted by Gasteiger charge is -2.36. The van der Waals surface area contributed by atoms with Crippen molar-refractivity contribution in [2.45, 2.75) is 71.4 Å². The highest BCUT2D eigenvalue weighted by Crippen LogP contribution is 2.20. The number of carbonyl (C=O) groups excluding carboxylic acids is 2. The standard InChI is InChI=1S/C15H27NO4/c1-5-8-13(17)19-11-12-9-6-7-10-16(12)14(18)20-15(2,3)4/h12H,5-11H2,1-4H3/t12-/m1/s1. The largest absolute Gasteiger partial charge is 0.463 e. The second-order valence-electron chi connectivity index (χ2n) is 6.26. The molecule has 116 valence electrons. The van der Waals surface area contributed by atoms with Gasteiger partial charge in [0.15, 0.2) is 0 Å². The number of ether oxygens (including phenoxy) is 2. The Kier molecular flexibility index (Phi) is 6.30. The van der Waals surface area contributed by atoms with Gasteiger partial charge in [0.25, 0.3) is 0 Å². The molecule has 0 aromatic rings. The summed E-state index contributed by atoms with van der Waals surface area (Å²) in [6, 6.07) is -0.0561. The molecular formula is C15H27NO4. The van der Waals surface area contributed by atoms with Gasteiger partial charge in [0.2, 0.25) is 0 Å². The fourth-order valence-corrected chi connectivity index (χ4v) is 2.20. The summed E-state index contributed by atoms with van der Waals surface area (Å²) in [6.07, 6.45) is 3.78. The Balaban J connectivity index is 2.53. The molecular weight excluding hydrogens is 258 g/mol. The van der Waals surface area contributed by atoms with Crippen molar-refractivity contribution in [1.29, 1.82) is 0 Å². The van der Waals surface area contributed by atoms with Gasteiger partial charge >= 0.3 is 12.1 Å². The van der Waals surface area contributed by atoms with Crippen LogP contribution in [-0.4, -0.2) is 41.8 Å². The molecule has 0 aromatic carbocycles. The van der Waals surface area contributed by atoms with Crippen LogP contribution in [0.5, 0.6) is 0 Å². The molecule has 1 aliphatic rings. The molecule has 5 nitrogen and oxygen atoms in total. The summed E-state index contributed by atoms with van der Waals surface area (Å²) >= 11 is 0. The Bertz CT molecular complexity index is 335. The lowest BCUT2D eigenvalue weighted by molar-refractivity contribution is -0.145. The number of likely N-dealkylation sites (tertiary alicyclic amines) is 1. The highest BCUT2D eigenvalue weighted by atomic mass is 16.6. The molecule has 1 heterocycles. The van der Waals surface area contributed by atoms with Crippen molar-refractivity contribution in [2.24, 2.45) is 0 Å². The van der Waals surface area contributed by atoms with Gasteiger partial charge in [-0.25, -0.2) is 4.79 Å². The molecule has 0 unspecified atom stereocenters. The Labute approximate surface area is 121 Å². The van der Waals surface area contributed by atoms with E-state index in [-0.39, 0.29) is 24.7 Å². The molecule has 1 fully saturated rings. The number of esters is 1. The summed E-state index contributed by atoms with van der Waals surface area (Å²) in [5, 5.41) is 0. The third-order valence-electron chi connectivity index (χ3n) is 3.15. The molecule has 0 N–H and O–H groups in total. The Morgan fingerprint density at radius 3 is 2.55 bits per heavy atom. The zero-order valence-corrected chi connectivity index (χ0v) is 13.1. The molecule has 1 rings (SSSR count). The number of rotatable bonds is 4. The lowest BCUT2D eigenvalue weighted by atomic mass is 10.0. The molecule has 1 aliphatic heterocycles. The zero-order valence-electron chi connectivity index (χ0n) is 13.1. The minimum absolute atomic E-state index is 0.0561. The van der Waals surface area contributed by atoms with Crippen LogP contribution in [0, 0.1) is 0 Å². The van der Waals surface area contributed by atoms with E-state index in [4.69, 9.17) is 9.47 Å². The van der Waals surface area contributed by atoms with Crippen molar-refractivity contribution in [3.05, 3.63) is 0 Å². The van der Waals surface area contributed by atoms with Crippen LogP contribution < -0.4 is 0 Å². The van der Waals surface area contributed by atoms with E-state index in [9.17, 15) is 9.59 Å². The van der Waals surface area contributed by atoms with Crippen LogP contribution in [0.15, 0.2) is 0 Å². The molecule has 0 spiro atoms. The monoisotopic (exact) mass is 285 g/mol. The molecule has 1 amide bonds. The van der Waals surface area contributed by atoms with E-state index in [0.717, 1.165) is 25.7 Å². The molecule has 5 heteroatoms. The Morgan fingerprint density at radius 1 is 1.25 bits per heavy atom. The van der Waals surface area contributed by atoms with Crippen molar-refractivity contribution in [1.82, 2.24) is 4.90 Å². The van der Waals surface area contributed by atoms with Gasteiger partial charge in [-0.15, -0.1) is 0 Å². The highest BCUT2D eigenvalue weighted by Gasteiger charge is 2.31. The van der Waals surface area contributed by atoms with E-state index in [1.807, 2.05) is 27.7 Å². The number of amides is 1. The van der Waals surface area contributed by atoms with Crippen LogP contribution in [0.25, 0.3) is 0 Å². The molecule has 0 aliphatic carbocycles. The van der Waals surface area contributed by atoms with E-state index in [2.05, 4.69) is 0 Å². The van der Waals surface area contributed by atoms with E-state index in [1.54, 1.807) is 4.90 Å². The molecule has 1 saturated heterocycles. The second-order valence-corrected chi connectivity index (χ2v) is 6.26. The van der Waals surface area contributed by atoms with Gasteiger partial charge in [-0.2, -0.15) is 0 Å². The molecule has 1 atom stereocenters. The minimum Gasteiger partial charge on any atom is -0.463 e. The first-order valence-electron chi connectivity index (χ1n) is 7.48. The van der Waals surface area contributed by atoms with Crippen molar-refractivity contribution in [3.63, 3.8) is 0 Å². The summed E-state index contributed by atoms with van der Waals surface area (Å²) < 4.78 is 10.7. The predicted octanol–water partition coefficient (Wildman–Crippen LogP) is 3.12. The quantitative estimate of drug-likeness (QED) is 0.745. The van der Waals surface area contributed by atoms with Crippen LogP contribution in [0.3, 0.4) is 0 Å². The lowest BCUT2D eigenvalue weighted by Crippen LogP contribution is -2.48. The van der Waals surface area contributed by atoms with Gasteiger partial charge in [0.05, 0.1) is 6.04 Å². The van der Waals surface area contributed by atoms with Crippen molar-refractivity contribution in [2.75, 3.05) is 13.2 Å². The first kappa shape index (κ1) is 16.8. The maximum atomic E-state index is 12.2. The van der Waals surface area contributed by atoms with E-state index < -0.39 is 5.60 Å². The number of carbonyl (C=O) groups is 2. The number of piperidine rings is 1. The maximum Gasteiger partial charge on any atom is 0.410 e. The summed E-state index contributed by atoms with van der Waals surface area (Å²) in [5.74, 6) is -0.192. The van der Waals surface area contributed by atoms with Gasteiger partial charge in [-0.1, -0.05) is 6.92 Å². The van der Waals surface area contributed by atoms with Crippen LogP contribution in [-0.2, 0) is 14.3 Å². The maximum absolute atomic E-state index is 12.2. The average Bonchev–Trinajstić information content (AvgIpc) is 2.35. The molecule has 20 heavy (non-hydrogen) atoms. The molecule has 0 saturated carbocycles. The SMILES string of the molecule is CCCC(=O)OC[C@H]1CCCCN1C(=O)OC(C)(C)C. The van der Waals surface area contributed by atoms with Crippen molar-refractivity contribution in [3.8, 4) is 0 Å². The van der Waals surface area contributed by atoms with Gasteiger partial charge in [-0.05, 0) is 46.5 Å². The minimum atomic E-state index is -0.502. The smallest absolute Gasteiger partial charge is 0.410 e. The Morgan fingerprint density at radius 2 is 1.95 bits per heavy atom. The first-order valence-corrected chi connectivity index (χ1v) is 7.48. The van der Waals surface area contributed by atoms with Gasteiger partial charge < -0.3 is 14.4 Å². The molecule has 0 radical (unpaired) electrons. The number of hydrogen-bond donors (Lipinski definition) is 0. The van der Waals surface area contributed by atoms with E-state index in [0.29, 0.717) is 13.0 Å². The first-order chi connectivity index (χ1) is 9.33. The van der Waals surface area contributed by atoms with Crippen LogP contribution >= 0.6 is 0 Å². The average molecular weight is 285 g/mol. The normalized spacial score (nSPS) is 19.6. The fourth-order valence-electron chi connectivity index (χ4n) is 2.20. The second kappa shape index (κ2) is 7.50. The topological polar surface area (TPSA) is 55.8 Å². The van der Waals surface area contributed by atoms with Crippen molar-refractivity contribution < 1.29 is 19.1 Å². The van der Waals surface area contributed by atoms with Gasteiger partial charge in [-0.3, -0.25) is 4.79 Å². The molecule has 0 bridgehead atoms. The number of nitrogens with zero attached hydrogens (tertiary/aromatic N) is 1. The van der Waals surface area contributed by atoms with Crippen LogP contribution in [0.4, 0.5) is 4.79 Å². The van der Waals surface area contributed by atoms with Crippen LogP contribution in [0.2, 0.25) is 0 Å². The zero-order chi connectivity index (χ0) is 15.2. The summed E-state index contributed by atoms with van der Waals surface area (Å²) in [7, 11) is 0. The van der Waals surface area contributed by atoms with E-state index >= 15 is 0 Å². The molecule has 0 aromatic heterocycles. The number of hydrogen-bond acceptors (Lipinski definition) is 4. The van der Waals surface area contributed by atoms with Crippen LogP contribution in [0.1, 0.15) is 59.8 Å². The summed E-state index contributed by atoms with van der Waals surface area (Å²) in [5.41, 5.74) is -0.502. The highest BCUT2D eigenvalue weighted by molar-refractivity contribution is 5.70. The third kappa shape index (κ3) is 5.80. The summed E-state index contributed by atoms with van der Waals surface area (Å²) in [6.45, 7) is 8.44. The fraction of sp³-hybridized carbons (Fsp3) is 0.867. The van der Waals surface area contributed by atoms with E-state index in [1.165, 1.54) is 0 Å². The van der Waals surface area contributed by atoms with Gasteiger partial charge in [0, 0.05) is 13.0 Å². The van der Waals surface area contributed by atoms with Crippen molar-refractivity contribution >= 4 is 12.1 Å². The van der Waals surface area contributed by atoms with Gasteiger partial charge in [0.1, 0.15) is 12.2 Å².